The van der Waals surface area contributed by atoms with Crippen LogP contribution in [0, 0.1) is 13.8 Å². The Bertz CT molecular complexity index is 638. The van der Waals surface area contributed by atoms with E-state index < -0.39 is 10.8 Å². The number of rotatable bonds is 5. The highest BCUT2D eigenvalue weighted by atomic mass is 32.2. The van der Waals surface area contributed by atoms with Gasteiger partial charge in [0.2, 0.25) is 0 Å². The summed E-state index contributed by atoms with van der Waals surface area (Å²) in [6.07, 6.45) is 0. The average molecular weight is 303 g/mol. The van der Waals surface area contributed by atoms with Gasteiger partial charge in [-0.25, -0.2) is 0 Å². The van der Waals surface area contributed by atoms with Gasteiger partial charge in [0.1, 0.15) is 5.75 Å². The number of methoxy groups -OCH3 is 1. The van der Waals surface area contributed by atoms with Crippen LogP contribution in [0.2, 0.25) is 0 Å². The summed E-state index contributed by atoms with van der Waals surface area (Å²) < 4.78 is 17.5. The van der Waals surface area contributed by atoms with Gasteiger partial charge in [0.15, 0.2) is 0 Å². The van der Waals surface area contributed by atoms with E-state index in [0.29, 0.717) is 5.75 Å². The van der Waals surface area contributed by atoms with Gasteiger partial charge in [-0.3, -0.25) is 4.21 Å². The van der Waals surface area contributed by atoms with Crippen LogP contribution >= 0.6 is 0 Å². The monoisotopic (exact) mass is 303 g/mol. The molecule has 112 valence electrons. The normalized spacial score (nSPS) is 13.7. The second-order valence-corrected chi connectivity index (χ2v) is 6.65. The summed E-state index contributed by atoms with van der Waals surface area (Å²) in [5.41, 5.74) is 9.61. The molecule has 0 radical (unpaired) electrons. The molecule has 0 aliphatic heterocycles. The van der Waals surface area contributed by atoms with Crippen molar-refractivity contribution in [3.05, 3.63) is 59.2 Å². The molecule has 4 heteroatoms. The molecule has 0 amide bonds. The van der Waals surface area contributed by atoms with Gasteiger partial charge in [-0.2, -0.15) is 0 Å². The molecule has 0 saturated carbocycles. The first-order chi connectivity index (χ1) is 10.0. The molecule has 0 aliphatic rings. The Hall–Kier alpha value is -1.65. The molecular formula is C17H21NO2S. The molecule has 0 bridgehead atoms. The number of ether oxygens (including phenoxy) is 1. The van der Waals surface area contributed by atoms with E-state index in [1.54, 1.807) is 7.11 Å². The Balaban J connectivity index is 2.12. The minimum atomic E-state index is -1.12. The second-order valence-electron chi connectivity index (χ2n) is 5.15. The standard InChI is InChI=1S/C17H21NO2S/c1-12-4-5-13(2)16(10-12)17(18)11-21(19)15-8-6-14(20-3)7-9-15/h4-10,17H,11,18H2,1-3H3. The topological polar surface area (TPSA) is 52.3 Å². The molecule has 2 N–H and O–H groups in total. The van der Waals surface area contributed by atoms with E-state index in [-0.39, 0.29) is 6.04 Å². The van der Waals surface area contributed by atoms with Gasteiger partial charge in [-0.05, 0) is 49.2 Å². The van der Waals surface area contributed by atoms with Crippen molar-refractivity contribution < 1.29 is 8.95 Å². The van der Waals surface area contributed by atoms with Crippen molar-refractivity contribution in [2.75, 3.05) is 12.9 Å². The third kappa shape index (κ3) is 3.93. The van der Waals surface area contributed by atoms with Gasteiger partial charge >= 0.3 is 0 Å². The van der Waals surface area contributed by atoms with Crippen molar-refractivity contribution in [2.24, 2.45) is 5.73 Å². The van der Waals surface area contributed by atoms with Gasteiger partial charge in [-0.1, -0.05) is 23.8 Å². The fraction of sp³-hybridized carbons (Fsp3) is 0.294. The van der Waals surface area contributed by atoms with Crippen LogP contribution in [-0.4, -0.2) is 17.1 Å². The summed E-state index contributed by atoms with van der Waals surface area (Å²) >= 11 is 0. The minimum Gasteiger partial charge on any atom is -0.497 e. The van der Waals surface area contributed by atoms with Crippen molar-refractivity contribution in [3.8, 4) is 5.75 Å². The van der Waals surface area contributed by atoms with Crippen molar-refractivity contribution in [2.45, 2.75) is 24.8 Å². The fourth-order valence-corrected chi connectivity index (χ4v) is 3.37. The maximum atomic E-state index is 12.4. The summed E-state index contributed by atoms with van der Waals surface area (Å²) in [5, 5.41) is 0. The van der Waals surface area contributed by atoms with Crippen LogP contribution in [0.25, 0.3) is 0 Å². The number of hydrogen-bond acceptors (Lipinski definition) is 3. The molecule has 2 atom stereocenters. The first-order valence-electron chi connectivity index (χ1n) is 6.86. The molecule has 2 unspecified atom stereocenters. The summed E-state index contributed by atoms with van der Waals surface area (Å²) in [5.74, 6) is 1.17. The molecule has 2 aromatic carbocycles. The van der Waals surface area contributed by atoms with Crippen molar-refractivity contribution in [3.63, 3.8) is 0 Å². The predicted molar refractivity (Wildman–Crippen MR) is 87.1 cm³/mol. The zero-order valence-corrected chi connectivity index (χ0v) is 13.4. The second kappa shape index (κ2) is 6.87. The zero-order chi connectivity index (χ0) is 15.4. The number of aryl methyl sites for hydroxylation is 2. The van der Waals surface area contributed by atoms with Gasteiger partial charge in [-0.15, -0.1) is 0 Å². The first kappa shape index (κ1) is 15.7. The highest BCUT2D eigenvalue weighted by molar-refractivity contribution is 7.85. The van der Waals surface area contributed by atoms with E-state index in [4.69, 9.17) is 10.5 Å². The molecule has 0 saturated heterocycles. The van der Waals surface area contributed by atoms with Crippen LogP contribution in [0.4, 0.5) is 0 Å². The lowest BCUT2D eigenvalue weighted by Gasteiger charge is -2.15. The number of hydrogen-bond donors (Lipinski definition) is 1. The molecule has 0 spiro atoms. The van der Waals surface area contributed by atoms with E-state index >= 15 is 0 Å². The third-order valence-corrected chi connectivity index (χ3v) is 4.95. The van der Waals surface area contributed by atoms with Gasteiger partial charge < -0.3 is 10.5 Å². The summed E-state index contributed by atoms with van der Waals surface area (Å²) in [4.78, 5) is 0.775. The Morgan fingerprint density at radius 3 is 2.43 bits per heavy atom. The van der Waals surface area contributed by atoms with Gasteiger partial charge in [0.05, 0.1) is 17.9 Å². The first-order valence-corrected chi connectivity index (χ1v) is 8.18. The van der Waals surface area contributed by atoms with E-state index in [2.05, 4.69) is 18.2 Å². The quantitative estimate of drug-likeness (QED) is 0.923. The molecule has 2 rings (SSSR count). The molecular weight excluding hydrogens is 282 g/mol. The zero-order valence-electron chi connectivity index (χ0n) is 12.6. The number of nitrogens with two attached hydrogens (primary N) is 1. The molecule has 0 heterocycles. The minimum absolute atomic E-state index is 0.229. The van der Waals surface area contributed by atoms with E-state index in [0.717, 1.165) is 21.8 Å². The fourth-order valence-electron chi connectivity index (χ4n) is 2.24. The lowest BCUT2D eigenvalue weighted by Crippen LogP contribution is -2.19. The van der Waals surface area contributed by atoms with Crippen LogP contribution in [0.3, 0.4) is 0 Å². The maximum absolute atomic E-state index is 12.4. The SMILES string of the molecule is COc1ccc(S(=O)CC(N)c2cc(C)ccc2C)cc1. The molecule has 0 fully saturated rings. The van der Waals surface area contributed by atoms with Crippen LogP contribution in [-0.2, 0) is 10.8 Å². The highest BCUT2D eigenvalue weighted by Gasteiger charge is 2.14. The third-order valence-electron chi connectivity index (χ3n) is 3.49. The lowest BCUT2D eigenvalue weighted by molar-refractivity contribution is 0.414. The predicted octanol–water partition coefficient (Wildman–Crippen LogP) is 3.12. The molecule has 0 aliphatic carbocycles. The Labute approximate surface area is 128 Å². The largest absolute Gasteiger partial charge is 0.497 e. The van der Waals surface area contributed by atoms with Gasteiger partial charge in [0, 0.05) is 16.7 Å². The van der Waals surface area contributed by atoms with Crippen molar-refractivity contribution in [1.82, 2.24) is 0 Å². The number of benzene rings is 2. The van der Waals surface area contributed by atoms with Crippen LogP contribution in [0.1, 0.15) is 22.7 Å². The van der Waals surface area contributed by atoms with E-state index in [1.807, 2.05) is 38.1 Å². The highest BCUT2D eigenvalue weighted by Crippen LogP contribution is 2.21. The van der Waals surface area contributed by atoms with Crippen molar-refractivity contribution >= 4 is 10.8 Å². The van der Waals surface area contributed by atoms with E-state index in [9.17, 15) is 4.21 Å². The Morgan fingerprint density at radius 1 is 1.14 bits per heavy atom. The van der Waals surface area contributed by atoms with Crippen LogP contribution < -0.4 is 10.5 Å². The summed E-state index contributed by atoms with van der Waals surface area (Å²) in [6.45, 7) is 4.07. The summed E-state index contributed by atoms with van der Waals surface area (Å²) in [6, 6.07) is 13.2. The smallest absolute Gasteiger partial charge is 0.118 e. The maximum Gasteiger partial charge on any atom is 0.118 e. The van der Waals surface area contributed by atoms with Crippen LogP contribution in [0.5, 0.6) is 5.75 Å². The van der Waals surface area contributed by atoms with Crippen molar-refractivity contribution in [1.29, 1.82) is 0 Å². The molecule has 0 aromatic heterocycles. The van der Waals surface area contributed by atoms with E-state index in [1.165, 1.54) is 5.56 Å². The Kier molecular flexibility index (Phi) is 5.15. The average Bonchev–Trinajstić information content (AvgIpc) is 2.49. The van der Waals surface area contributed by atoms with Crippen LogP contribution in [0.15, 0.2) is 47.4 Å². The Morgan fingerprint density at radius 2 is 1.81 bits per heavy atom. The van der Waals surface area contributed by atoms with Gasteiger partial charge in [0.25, 0.3) is 0 Å². The summed E-state index contributed by atoms with van der Waals surface area (Å²) in [7, 11) is 0.494. The molecule has 21 heavy (non-hydrogen) atoms. The lowest BCUT2D eigenvalue weighted by atomic mass is 10.0. The molecule has 2 aromatic rings. The molecule has 3 nitrogen and oxygen atoms in total.